The molecule has 0 spiro atoms. The van der Waals surface area contributed by atoms with Crippen LogP contribution in [0.25, 0.3) is 0 Å². The van der Waals surface area contributed by atoms with Gasteiger partial charge in [-0.25, -0.2) is 13.1 Å². The smallest absolute Gasteiger partial charge is 0.245 e. The number of sulfonamides is 1. The summed E-state index contributed by atoms with van der Waals surface area (Å²) in [5, 5.41) is 3.19. The Labute approximate surface area is 135 Å². The maximum atomic E-state index is 12.4. The number of halogens is 1. The average molecular weight is 379 g/mol. The first-order valence-corrected chi connectivity index (χ1v) is 9.71. The highest BCUT2D eigenvalue weighted by atomic mass is 79.9. The molecule has 1 unspecified atom stereocenters. The molecule has 1 aromatic rings. The molecule has 1 heterocycles. The average Bonchev–Trinajstić information content (AvgIpc) is 3.10. The Morgan fingerprint density at radius 1 is 1.48 bits per heavy atom. The Kier molecular flexibility index (Phi) is 5.88. The fourth-order valence-corrected chi connectivity index (χ4v) is 4.54. The molecule has 0 amide bonds. The first-order chi connectivity index (χ1) is 9.92. The summed E-state index contributed by atoms with van der Waals surface area (Å²) < 4.78 is 33.2. The Morgan fingerprint density at radius 2 is 2.19 bits per heavy atom. The van der Waals surface area contributed by atoms with E-state index in [1.165, 1.54) is 12.8 Å². The quantitative estimate of drug-likeness (QED) is 0.647. The van der Waals surface area contributed by atoms with Crippen molar-refractivity contribution in [3.8, 4) is 0 Å². The highest BCUT2D eigenvalue weighted by Crippen LogP contribution is 2.34. The Balaban J connectivity index is 2.00. The molecule has 1 aromatic heterocycles. The standard InChI is InChI=1S/C14H23BrN2O3S/c1-3-6-16-9-12-8-13(14(15)20-12)21(18,19)17-10(2)7-11-4-5-11/h8,10-11,16-17H,3-7,9H2,1-2H3. The molecule has 0 radical (unpaired) electrons. The van der Waals surface area contributed by atoms with Crippen molar-refractivity contribution < 1.29 is 12.8 Å². The van der Waals surface area contributed by atoms with Crippen LogP contribution in [0.5, 0.6) is 0 Å². The number of nitrogens with one attached hydrogen (secondary N) is 2. The van der Waals surface area contributed by atoms with Crippen LogP contribution in [0.2, 0.25) is 0 Å². The minimum Gasteiger partial charge on any atom is -0.452 e. The van der Waals surface area contributed by atoms with Gasteiger partial charge in [0.25, 0.3) is 0 Å². The van der Waals surface area contributed by atoms with Crippen molar-refractivity contribution in [2.75, 3.05) is 6.54 Å². The fraction of sp³-hybridized carbons (Fsp3) is 0.714. The number of furan rings is 1. The van der Waals surface area contributed by atoms with Gasteiger partial charge in [-0.05, 0) is 48.2 Å². The molecule has 1 aliphatic rings. The first-order valence-electron chi connectivity index (χ1n) is 7.43. The van der Waals surface area contributed by atoms with Crippen molar-refractivity contribution in [1.29, 1.82) is 0 Å². The molecule has 1 atom stereocenters. The van der Waals surface area contributed by atoms with E-state index >= 15 is 0 Å². The van der Waals surface area contributed by atoms with Gasteiger partial charge in [0.2, 0.25) is 10.0 Å². The van der Waals surface area contributed by atoms with Gasteiger partial charge in [0.15, 0.2) is 4.67 Å². The van der Waals surface area contributed by atoms with Gasteiger partial charge in [-0.2, -0.15) is 0 Å². The number of rotatable bonds is 9. The normalized spacial score (nSPS) is 17.1. The van der Waals surface area contributed by atoms with Gasteiger partial charge in [0, 0.05) is 12.1 Å². The number of hydrogen-bond acceptors (Lipinski definition) is 4. The second kappa shape index (κ2) is 7.26. The van der Waals surface area contributed by atoms with Crippen LogP contribution in [-0.4, -0.2) is 21.0 Å². The predicted octanol–water partition coefficient (Wildman–Crippen LogP) is 3.01. The SMILES string of the molecule is CCCNCc1cc(S(=O)(=O)NC(C)CC2CC2)c(Br)o1. The molecule has 0 saturated heterocycles. The monoisotopic (exact) mass is 378 g/mol. The van der Waals surface area contributed by atoms with E-state index in [1.807, 2.05) is 6.92 Å². The van der Waals surface area contributed by atoms with Gasteiger partial charge in [-0.3, -0.25) is 0 Å². The van der Waals surface area contributed by atoms with Crippen molar-refractivity contribution in [3.05, 3.63) is 16.5 Å². The lowest BCUT2D eigenvalue weighted by molar-refractivity contribution is 0.460. The van der Waals surface area contributed by atoms with Gasteiger partial charge in [0.1, 0.15) is 10.7 Å². The van der Waals surface area contributed by atoms with E-state index < -0.39 is 10.0 Å². The van der Waals surface area contributed by atoms with E-state index in [1.54, 1.807) is 6.07 Å². The number of hydrogen-bond donors (Lipinski definition) is 2. The molecular weight excluding hydrogens is 356 g/mol. The van der Waals surface area contributed by atoms with Crippen LogP contribution in [0.3, 0.4) is 0 Å². The summed E-state index contributed by atoms with van der Waals surface area (Å²) in [4.78, 5) is 0.179. The summed E-state index contributed by atoms with van der Waals surface area (Å²) in [5.74, 6) is 1.30. The lowest BCUT2D eigenvalue weighted by atomic mass is 10.2. The van der Waals surface area contributed by atoms with E-state index in [9.17, 15) is 8.42 Å². The minimum atomic E-state index is -3.54. The predicted molar refractivity (Wildman–Crippen MR) is 85.5 cm³/mol. The van der Waals surface area contributed by atoms with E-state index in [4.69, 9.17) is 4.42 Å². The van der Waals surface area contributed by atoms with Crippen molar-refractivity contribution in [2.45, 2.75) is 57.0 Å². The highest BCUT2D eigenvalue weighted by Gasteiger charge is 2.28. The van der Waals surface area contributed by atoms with Crippen LogP contribution in [0, 0.1) is 5.92 Å². The van der Waals surface area contributed by atoms with Crippen molar-refractivity contribution >= 4 is 26.0 Å². The molecule has 1 fully saturated rings. The van der Waals surface area contributed by atoms with Crippen LogP contribution in [0.4, 0.5) is 0 Å². The maximum absolute atomic E-state index is 12.4. The molecule has 1 saturated carbocycles. The fourth-order valence-electron chi connectivity index (χ4n) is 2.29. The molecule has 2 N–H and O–H groups in total. The first kappa shape index (κ1) is 17.0. The third-order valence-electron chi connectivity index (χ3n) is 3.46. The lowest BCUT2D eigenvalue weighted by Crippen LogP contribution is -2.32. The summed E-state index contributed by atoms with van der Waals surface area (Å²) in [7, 11) is -3.54. The molecule has 7 heteroatoms. The second-order valence-corrected chi connectivity index (χ2v) is 8.13. The molecule has 21 heavy (non-hydrogen) atoms. The molecule has 0 aromatic carbocycles. The van der Waals surface area contributed by atoms with Crippen molar-refractivity contribution in [2.24, 2.45) is 5.92 Å². The lowest BCUT2D eigenvalue weighted by Gasteiger charge is -2.12. The van der Waals surface area contributed by atoms with Gasteiger partial charge in [-0.1, -0.05) is 19.8 Å². The van der Waals surface area contributed by atoms with E-state index in [0.717, 1.165) is 19.4 Å². The molecule has 120 valence electrons. The highest BCUT2D eigenvalue weighted by molar-refractivity contribution is 9.10. The Bertz CT molecular complexity index is 567. The van der Waals surface area contributed by atoms with Crippen LogP contribution < -0.4 is 10.0 Å². The van der Waals surface area contributed by atoms with Crippen LogP contribution >= 0.6 is 15.9 Å². The molecule has 0 aliphatic heterocycles. The van der Waals surface area contributed by atoms with Crippen LogP contribution in [-0.2, 0) is 16.6 Å². The van der Waals surface area contributed by atoms with E-state index in [2.05, 4.69) is 32.9 Å². The zero-order valence-corrected chi connectivity index (χ0v) is 14.9. The molecule has 0 bridgehead atoms. The Morgan fingerprint density at radius 3 is 2.81 bits per heavy atom. The van der Waals surface area contributed by atoms with Gasteiger partial charge >= 0.3 is 0 Å². The third-order valence-corrected chi connectivity index (χ3v) is 5.91. The summed E-state index contributed by atoms with van der Waals surface area (Å²) in [6.45, 7) is 5.39. The van der Waals surface area contributed by atoms with Gasteiger partial charge < -0.3 is 9.73 Å². The van der Waals surface area contributed by atoms with Crippen molar-refractivity contribution in [3.63, 3.8) is 0 Å². The maximum Gasteiger partial charge on any atom is 0.245 e. The van der Waals surface area contributed by atoms with Crippen LogP contribution in [0.15, 0.2) is 20.0 Å². The largest absolute Gasteiger partial charge is 0.452 e. The summed E-state index contributed by atoms with van der Waals surface area (Å²) in [5.41, 5.74) is 0. The summed E-state index contributed by atoms with van der Waals surface area (Å²) >= 11 is 3.20. The molecule has 2 rings (SSSR count). The van der Waals surface area contributed by atoms with Crippen LogP contribution in [0.1, 0.15) is 45.3 Å². The minimum absolute atomic E-state index is 0.0500. The van der Waals surface area contributed by atoms with Gasteiger partial charge in [0.05, 0.1) is 6.54 Å². The summed E-state index contributed by atoms with van der Waals surface area (Å²) in [6.07, 6.45) is 4.36. The van der Waals surface area contributed by atoms with Gasteiger partial charge in [-0.15, -0.1) is 0 Å². The third kappa shape index (κ3) is 5.09. The summed E-state index contributed by atoms with van der Waals surface area (Å²) in [6, 6.07) is 1.53. The molecular formula is C14H23BrN2O3S. The topological polar surface area (TPSA) is 71.3 Å². The van der Waals surface area contributed by atoms with Crippen molar-refractivity contribution in [1.82, 2.24) is 10.0 Å². The van der Waals surface area contributed by atoms with E-state index in [0.29, 0.717) is 18.2 Å². The second-order valence-electron chi connectivity index (χ2n) is 5.73. The zero-order valence-electron chi connectivity index (χ0n) is 12.5. The Hall–Kier alpha value is -0.370. The molecule has 5 nitrogen and oxygen atoms in total. The van der Waals surface area contributed by atoms with E-state index in [-0.39, 0.29) is 15.6 Å². The zero-order chi connectivity index (χ0) is 15.5. The molecule has 1 aliphatic carbocycles.